The van der Waals surface area contributed by atoms with Gasteiger partial charge in [0.1, 0.15) is 0 Å². The predicted octanol–water partition coefficient (Wildman–Crippen LogP) is 4.02. The van der Waals surface area contributed by atoms with Gasteiger partial charge in [-0.3, -0.25) is 4.79 Å². The number of hydrogen-bond acceptors (Lipinski definition) is 5. The summed E-state index contributed by atoms with van der Waals surface area (Å²) in [5.41, 5.74) is 3.71. The van der Waals surface area contributed by atoms with Crippen molar-refractivity contribution in [3.63, 3.8) is 0 Å². The van der Waals surface area contributed by atoms with E-state index in [1.54, 1.807) is 0 Å². The molecule has 32 heavy (non-hydrogen) atoms. The Morgan fingerprint density at radius 3 is 2.81 bits per heavy atom. The van der Waals surface area contributed by atoms with Crippen molar-refractivity contribution in [3.8, 4) is 0 Å². The van der Waals surface area contributed by atoms with Crippen molar-refractivity contribution >= 4 is 28.4 Å². The van der Waals surface area contributed by atoms with Crippen LogP contribution in [0.15, 0.2) is 71.9 Å². The Balaban J connectivity index is 1.23. The largest absolute Gasteiger partial charge is 0.349 e. The molecule has 1 atom stereocenters. The van der Waals surface area contributed by atoms with Gasteiger partial charge in [-0.2, -0.15) is 0 Å². The number of nitrogens with zero attached hydrogens (tertiary/aromatic N) is 3. The van der Waals surface area contributed by atoms with Crippen LogP contribution < -0.4 is 11.2 Å². The Morgan fingerprint density at radius 1 is 1.06 bits per heavy atom. The van der Waals surface area contributed by atoms with Crippen LogP contribution in [0.1, 0.15) is 41.4 Å². The molecule has 0 fully saturated rings. The van der Waals surface area contributed by atoms with E-state index in [4.69, 9.17) is 5.84 Å². The molecular weight excluding hydrogens is 418 g/mol. The summed E-state index contributed by atoms with van der Waals surface area (Å²) in [6.07, 6.45) is 3.71. The summed E-state index contributed by atoms with van der Waals surface area (Å²) in [4.78, 5) is 12.6. The van der Waals surface area contributed by atoms with Crippen molar-refractivity contribution in [2.75, 3.05) is 11.6 Å². The Morgan fingerprint density at radius 2 is 1.88 bits per heavy atom. The van der Waals surface area contributed by atoms with Crippen molar-refractivity contribution in [2.24, 2.45) is 0 Å². The lowest BCUT2D eigenvalue weighted by Crippen LogP contribution is -2.32. The molecule has 0 saturated carbocycles. The molecule has 3 N–H and O–H groups in total. The molecule has 1 aliphatic carbocycles. The zero-order valence-corrected chi connectivity index (χ0v) is 18.5. The number of amides is 1. The van der Waals surface area contributed by atoms with Gasteiger partial charge in [0.2, 0.25) is 11.1 Å². The lowest BCUT2D eigenvalue weighted by Gasteiger charge is -2.26. The van der Waals surface area contributed by atoms with Gasteiger partial charge in [-0.25, -0.2) is 4.68 Å². The van der Waals surface area contributed by atoms with Crippen molar-refractivity contribution < 1.29 is 4.79 Å². The third kappa shape index (κ3) is 4.21. The van der Waals surface area contributed by atoms with Gasteiger partial charge in [0.25, 0.3) is 0 Å². The van der Waals surface area contributed by atoms with Gasteiger partial charge >= 0.3 is 0 Å². The molecular formula is C25H25N5OS. The molecule has 7 heteroatoms. The minimum Gasteiger partial charge on any atom is -0.349 e. The van der Waals surface area contributed by atoms with Gasteiger partial charge in [-0.1, -0.05) is 78.5 Å². The van der Waals surface area contributed by atoms with Crippen molar-refractivity contribution in [1.29, 1.82) is 0 Å². The molecule has 0 bridgehead atoms. The number of hydrogen-bond donors (Lipinski definition) is 2. The number of nitrogens with one attached hydrogen (secondary N) is 1. The second kappa shape index (κ2) is 9.04. The van der Waals surface area contributed by atoms with Gasteiger partial charge < -0.3 is 11.2 Å². The molecule has 1 heterocycles. The van der Waals surface area contributed by atoms with E-state index in [1.165, 1.54) is 38.3 Å². The van der Waals surface area contributed by atoms with Crippen LogP contribution in [-0.4, -0.2) is 26.5 Å². The van der Waals surface area contributed by atoms with E-state index in [0.29, 0.717) is 17.4 Å². The predicted molar refractivity (Wildman–Crippen MR) is 128 cm³/mol. The Hall–Kier alpha value is -3.32. The summed E-state index contributed by atoms with van der Waals surface area (Å²) in [6, 6.07) is 22.9. The second-order valence-electron chi connectivity index (χ2n) is 8.08. The summed E-state index contributed by atoms with van der Waals surface area (Å²) >= 11 is 1.31. The minimum atomic E-state index is -0.0182. The Kier molecular flexibility index (Phi) is 5.81. The molecule has 0 spiro atoms. The van der Waals surface area contributed by atoms with E-state index in [2.05, 4.69) is 58.0 Å². The highest BCUT2D eigenvalue weighted by atomic mass is 32.2. The maximum absolute atomic E-state index is 12.6. The maximum Gasteiger partial charge on any atom is 0.230 e. The zero-order chi connectivity index (χ0) is 21.9. The molecule has 162 valence electrons. The van der Waals surface area contributed by atoms with Crippen LogP contribution in [0.5, 0.6) is 0 Å². The van der Waals surface area contributed by atoms with Gasteiger partial charge in [0.15, 0.2) is 5.82 Å². The van der Waals surface area contributed by atoms with E-state index in [1.807, 2.05) is 24.3 Å². The van der Waals surface area contributed by atoms with Crippen LogP contribution in [0.2, 0.25) is 0 Å². The molecule has 3 aromatic carbocycles. The zero-order valence-electron chi connectivity index (χ0n) is 17.7. The summed E-state index contributed by atoms with van der Waals surface area (Å²) in [5.74, 6) is 7.17. The van der Waals surface area contributed by atoms with E-state index in [9.17, 15) is 4.79 Å². The minimum absolute atomic E-state index is 0.0182. The maximum atomic E-state index is 12.6. The smallest absolute Gasteiger partial charge is 0.230 e. The second-order valence-corrected chi connectivity index (χ2v) is 9.03. The lowest BCUT2D eigenvalue weighted by molar-refractivity contribution is -0.119. The Bertz CT molecular complexity index is 1260. The van der Waals surface area contributed by atoms with Crippen molar-refractivity contribution in [1.82, 2.24) is 20.2 Å². The van der Waals surface area contributed by atoms with Crippen LogP contribution in [0, 0.1) is 0 Å². The SMILES string of the molecule is Nn1c(Cc2cccc3ccccc23)nnc1SCC(=O)N[C@@H]1CCCc2ccccc21. The molecule has 0 saturated heterocycles. The number of nitrogen functional groups attached to an aromatic ring is 1. The summed E-state index contributed by atoms with van der Waals surface area (Å²) in [6.45, 7) is 0. The number of fused-ring (bicyclic) bond motifs is 2. The molecule has 1 amide bonds. The number of thioether (sulfide) groups is 1. The van der Waals surface area contributed by atoms with Crippen LogP contribution in [0.3, 0.4) is 0 Å². The van der Waals surface area contributed by atoms with Crippen molar-refractivity contribution in [3.05, 3.63) is 89.2 Å². The standard InChI is InChI=1S/C25H25N5OS/c26-30-23(15-19-11-5-9-17-7-1-3-12-20(17)19)28-29-25(30)32-16-24(31)27-22-14-6-10-18-8-2-4-13-21(18)22/h1-5,7-9,11-13,22H,6,10,14-16,26H2,(H,27,31)/t22-/m1/s1. The summed E-state index contributed by atoms with van der Waals surface area (Å²) in [7, 11) is 0. The van der Waals surface area contributed by atoms with Gasteiger partial charge in [-0.05, 0) is 46.7 Å². The van der Waals surface area contributed by atoms with Gasteiger partial charge in [0.05, 0.1) is 11.8 Å². The van der Waals surface area contributed by atoms with E-state index in [0.717, 1.165) is 24.8 Å². The summed E-state index contributed by atoms with van der Waals surface area (Å²) in [5, 5.41) is 14.6. The average Bonchev–Trinajstić information content (AvgIpc) is 3.17. The normalized spacial score (nSPS) is 15.4. The quantitative estimate of drug-likeness (QED) is 0.347. The fraction of sp³-hybridized carbons (Fsp3) is 0.240. The number of carbonyl (C=O) groups is 1. The molecule has 0 aliphatic heterocycles. The molecule has 0 unspecified atom stereocenters. The summed E-state index contributed by atoms with van der Waals surface area (Å²) < 4.78 is 1.50. The molecule has 5 rings (SSSR count). The van der Waals surface area contributed by atoms with E-state index in [-0.39, 0.29) is 17.7 Å². The van der Waals surface area contributed by atoms with Crippen LogP contribution in [0.4, 0.5) is 0 Å². The third-order valence-corrected chi connectivity index (χ3v) is 6.94. The first-order valence-electron chi connectivity index (χ1n) is 10.8. The van der Waals surface area contributed by atoms with Crippen LogP contribution >= 0.6 is 11.8 Å². The van der Waals surface area contributed by atoms with E-state index >= 15 is 0 Å². The first kappa shape index (κ1) is 20.6. The highest BCUT2D eigenvalue weighted by Gasteiger charge is 2.22. The fourth-order valence-electron chi connectivity index (χ4n) is 4.41. The van der Waals surface area contributed by atoms with Crippen LogP contribution in [-0.2, 0) is 17.6 Å². The average molecular weight is 444 g/mol. The number of benzene rings is 3. The van der Waals surface area contributed by atoms with Gasteiger partial charge in [0, 0.05) is 6.42 Å². The molecule has 1 aromatic heterocycles. The number of rotatable bonds is 6. The molecule has 4 aromatic rings. The lowest BCUT2D eigenvalue weighted by atomic mass is 9.88. The third-order valence-electron chi connectivity index (χ3n) is 6.00. The number of aromatic nitrogens is 3. The van der Waals surface area contributed by atoms with Crippen molar-refractivity contribution in [2.45, 2.75) is 36.9 Å². The number of nitrogens with two attached hydrogens (primary N) is 1. The first-order valence-corrected chi connectivity index (χ1v) is 11.8. The molecule has 6 nitrogen and oxygen atoms in total. The van der Waals surface area contributed by atoms with Crippen LogP contribution in [0.25, 0.3) is 10.8 Å². The molecule has 1 aliphatic rings. The van der Waals surface area contributed by atoms with E-state index < -0.39 is 0 Å². The van der Waals surface area contributed by atoms with Gasteiger partial charge in [-0.15, -0.1) is 10.2 Å². The first-order chi connectivity index (χ1) is 15.7. The molecule has 0 radical (unpaired) electrons. The highest BCUT2D eigenvalue weighted by molar-refractivity contribution is 7.99. The fourth-order valence-corrected chi connectivity index (χ4v) is 5.10. The number of carbonyl (C=O) groups excluding carboxylic acids is 1. The number of aryl methyl sites for hydroxylation is 1. The topological polar surface area (TPSA) is 85.8 Å². The monoisotopic (exact) mass is 443 g/mol. The highest BCUT2D eigenvalue weighted by Crippen LogP contribution is 2.29. The Labute approximate surface area is 191 Å².